The molecule has 0 unspecified atom stereocenters. The normalized spacial score (nSPS) is 13.2. The Bertz CT molecular complexity index is 1080. The SMILES string of the molecule is O=C(Cc1c(Br)cc(C(F)(C(F)(F)F)C(F)(F)F)cc1C(F)(F)F)c1cccc([N+](=O)[O-])c1. The van der Waals surface area contributed by atoms with E-state index in [1.807, 2.05) is 0 Å². The Morgan fingerprint density at radius 1 is 0.909 bits per heavy atom. The molecular formula is C18H8BrF10NO3. The fraction of sp³-hybridized carbons (Fsp3) is 0.278. The molecule has 0 amide bonds. The minimum absolute atomic E-state index is 0.147. The molecule has 2 aromatic carbocycles. The lowest BCUT2D eigenvalue weighted by molar-refractivity contribution is -0.384. The van der Waals surface area contributed by atoms with Crippen molar-refractivity contribution >= 4 is 27.4 Å². The predicted molar refractivity (Wildman–Crippen MR) is 95.2 cm³/mol. The van der Waals surface area contributed by atoms with E-state index in [0.29, 0.717) is 0 Å². The largest absolute Gasteiger partial charge is 0.435 e. The van der Waals surface area contributed by atoms with Crippen LogP contribution in [0.5, 0.6) is 0 Å². The van der Waals surface area contributed by atoms with Crippen LogP contribution in [0, 0.1) is 10.1 Å². The number of nitrogens with zero attached hydrogens (tertiary/aromatic N) is 1. The van der Waals surface area contributed by atoms with Gasteiger partial charge in [0, 0.05) is 34.2 Å². The number of alkyl halides is 10. The zero-order chi connectivity index (χ0) is 25.6. The van der Waals surface area contributed by atoms with Crippen molar-refractivity contribution in [1.29, 1.82) is 0 Å². The first-order chi connectivity index (χ1) is 14.8. The van der Waals surface area contributed by atoms with Gasteiger partial charge >= 0.3 is 24.2 Å². The summed E-state index contributed by atoms with van der Waals surface area (Å²) in [6, 6.07) is 2.92. The summed E-state index contributed by atoms with van der Waals surface area (Å²) in [5.74, 6) is -1.17. The van der Waals surface area contributed by atoms with Crippen LogP contribution >= 0.6 is 15.9 Å². The van der Waals surface area contributed by atoms with Gasteiger partial charge in [0.15, 0.2) is 5.78 Å². The van der Waals surface area contributed by atoms with Gasteiger partial charge in [-0.05, 0) is 17.7 Å². The summed E-state index contributed by atoms with van der Waals surface area (Å²) in [5, 5.41) is 10.8. The molecular weight excluding hydrogens is 548 g/mol. The minimum Gasteiger partial charge on any atom is -0.294 e. The molecule has 0 fully saturated rings. The van der Waals surface area contributed by atoms with E-state index in [2.05, 4.69) is 15.9 Å². The quantitative estimate of drug-likeness (QED) is 0.171. The molecule has 0 aliphatic heterocycles. The van der Waals surface area contributed by atoms with Crippen LogP contribution in [0.2, 0.25) is 0 Å². The summed E-state index contributed by atoms with van der Waals surface area (Å²) < 4.78 is 132. The van der Waals surface area contributed by atoms with E-state index in [4.69, 9.17) is 0 Å². The van der Waals surface area contributed by atoms with Gasteiger partial charge in [0.2, 0.25) is 0 Å². The molecule has 0 aliphatic carbocycles. The Balaban J connectivity index is 2.68. The molecule has 2 rings (SSSR count). The highest BCUT2D eigenvalue weighted by molar-refractivity contribution is 9.10. The third-order valence-corrected chi connectivity index (χ3v) is 5.10. The van der Waals surface area contributed by atoms with Crippen molar-refractivity contribution in [3.05, 3.63) is 73.2 Å². The number of nitro groups is 1. The van der Waals surface area contributed by atoms with Crippen molar-refractivity contribution in [2.45, 2.75) is 30.6 Å². The molecule has 2 aromatic rings. The van der Waals surface area contributed by atoms with Gasteiger partial charge in [-0.15, -0.1) is 0 Å². The Labute approximate surface area is 185 Å². The number of benzene rings is 2. The molecule has 0 bridgehead atoms. The second kappa shape index (κ2) is 8.57. The molecule has 0 radical (unpaired) electrons. The number of ketones is 1. The van der Waals surface area contributed by atoms with E-state index in [0.717, 1.165) is 24.3 Å². The van der Waals surface area contributed by atoms with E-state index in [-0.39, 0.29) is 6.07 Å². The Kier molecular flexibility index (Phi) is 6.90. The number of non-ortho nitro benzene ring substituents is 1. The van der Waals surface area contributed by atoms with E-state index in [1.165, 1.54) is 0 Å². The number of hydrogen-bond acceptors (Lipinski definition) is 3. The summed E-state index contributed by atoms with van der Waals surface area (Å²) >= 11 is 2.39. The highest BCUT2D eigenvalue weighted by Crippen LogP contribution is 2.54. The highest BCUT2D eigenvalue weighted by Gasteiger charge is 2.73. The summed E-state index contributed by atoms with van der Waals surface area (Å²) in [7, 11) is 0. The Morgan fingerprint density at radius 3 is 1.91 bits per heavy atom. The van der Waals surface area contributed by atoms with Gasteiger partial charge in [0.05, 0.1) is 10.5 Å². The van der Waals surface area contributed by atoms with Crippen LogP contribution < -0.4 is 0 Å². The molecule has 4 nitrogen and oxygen atoms in total. The predicted octanol–water partition coefficient (Wildman–Crippen LogP) is 7.09. The molecule has 0 spiro atoms. The third-order valence-electron chi connectivity index (χ3n) is 4.40. The van der Waals surface area contributed by atoms with Gasteiger partial charge in [-0.25, -0.2) is 4.39 Å². The second-order valence-corrected chi connectivity index (χ2v) is 7.40. The number of hydrogen-bond donors (Lipinski definition) is 0. The monoisotopic (exact) mass is 555 g/mol. The van der Waals surface area contributed by atoms with Gasteiger partial charge in [0.1, 0.15) is 0 Å². The van der Waals surface area contributed by atoms with Crippen molar-refractivity contribution in [1.82, 2.24) is 0 Å². The van der Waals surface area contributed by atoms with Crippen molar-refractivity contribution in [2.24, 2.45) is 0 Å². The van der Waals surface area contributed by atoms with Crippen molar-refractivity contribution < 1.29 is 53.6 Å². The fourth-order valence-electron chi connectivity index (χ4n) is 2.81. The average molecular weight is 556 g/mol. The second-order valence-electron chi connectivity index (χ2n) is 6.54. The maximum Gasteiger partial charge on any atom is 0.435 e. The lowest BCUT2D eigenvalue weighted by atomic mass is 9.89. The highest BCUT2D eigenvalue weighted by atomic mass is 79.9. The van der Waals surface area contributed by atoms with Gasteiger partial charge in [-0.2, -0.15) is 39.5 Å². The Hall–Kier alpha value is -2.71. The van der Waals surface area contributed by atoms with Crippen molar-refractivity contribution in [3.63, 3.8) is 0 Å². The van der Waals surface area contributed by atoms with Gasteiger partial charge in [-0.1, -0.05) is 28.1 Å². The van der Waals surface area contributed by atoms with Crippen LogP contribution in [-0.2, 0) is 18.3 Å². The van der Waals surface area contributed by atoms with Crippen molar-refractivity contribution in [2.75, 3.05) is 0 Å². The van der Waals surface area contributed by atoms with E-state index in [1.54, 1.807) is 0 Å². The average Bonchev–Trinajstić information content (AvgIpc) is 2.65. The smallest absolute Gasteiger partial charge is 0.294 e. The number of rotatable bonds is 5. The number of nitro benzene ring substituents is 1. The number of Topliss-reactive ketones (excluding diaryl/α,β-unsaturated/α-hetero) is 1. The molecule has 0 atom stereocenters. The number of carbonyl (C=O) groups excluding carboxylic acids is 1. The minimum atomic E-state index is -6.66. The third kappa shape index (κ3) is 5.12. The molecule has 0 saturated carbocycles. The van der Waals surface area contributed by atoms with E-state index in [9.17, 15) is 58.8 Å². The number of carbonyl (C=O) groups is 1. The van der Waals surface area contributed by atoms with Crippen LogP contribution in [0.3, 0.4) is 0 Å². The summed E-state index contributed by atoms with van der Waals surface area (Å²) in [5.41, 5.74) is -12.8. The maximum absolute atomic E-state index is 14.3. The fourth-order valence-corrected chi connectivity index (χ4v) is 3.41. The first-order valence-electron chi connectivity index (χ1n) is 8.30. The van der Waals surface area contributed by atoms with Crippen LogP contribution in [0.4, 0.5) is 49.6 Å². The van der Waals surface area contributed by atoms with Crippen LogP contribution in [0.1, 0.15) is 27.0 Å². The molecule has 33 heavy (non-hydrogen) atoms. The molecule has 0 aliphatic rings. The summed E-state index contributed by atoms with van der Waals surface area (Å²) in [6.07, 6.45) is -20.1. The zero-order valence-electron chi connectivity index (χ0n) is 15.5. The first kappa shape index (κ1) is 26.5. The van der Waals surface area contributed by atoms with E-state index < -0.39 is 79.8 Å². The van der Waals surface area contributed by atoms with Crippen LogP contribution in [-0.4, -0.2) is 23.1 Å². The van der Waals surface area contributed by atoms with Crippen LogP contribution in [0.25, 0.3) is 0 Å². The molecule has 180 valence electrons. The summed E-state index contributed by atoms with van der Waals surface area (Å²) in [6.45, 7) is 0. The first-order valence-corrected chi connectivity index (χ1v) is 9.10. The maximum atomic E-state index is 14.3. The number of halogens is 11. The standard InChI is InChI=1S/C18H8BrF10NO3/c19-13-6-9(15(20,17(24,25)26)18(27,28)29)5-12(16(21,22)23)11(13)7-14(31)8-2-1-3-10(4-8)30(32)33/h1-6H,7H2. The van der Waals surface area contributed by atoms with Crippen LogP contribution in [0.15, 0.2) is 40.9 Å². The summed E-state index contributed by atoms with van der Waals surface area (Å²) in [4.78, 5) is 22.3. The van der Waals surface area contributed by atoms with Crippen molar-refractivity contribution in [3.8, 4) is 0 Å². The van der Waals surface area contributed by atoms with Gasteiger partial charge in [0.25, 0.3) is 5.69 Å². The molecule has 0 heterocycles. The lowest BCUT2D eigenvalue weighted by Crippen LogP contribution is -2.50. The topological polar surface area (TPSA) is 60.2 Å². The van der Waals surface area contributed by atoms with Gasteiger partial charge < -0.3 is 0 Å². The molecule has 0 aromatic heterocycles. The molecule has 0 N–H and O–H groups in total. The van der Waals surface area contributed by atoms with E-state index >= 15 is 0 Å². The molecule has 0 saturated heterocycles. The Morgan fingerprint density at radius 2 is 1.45 bits per heavy atom. The molecule has 15 heteroatoms. The van der Waals surface area contributed by atoms with Gasteiger partial charge in [-0.3, -0.25) is 14.9 Å². The zero-order valence-corrected chi connectivity index (χ0v) is 17.1. The lowest BCUT2D eigenvalue weighted by Gasteiger charge is -2.31.